The zero-order valence-corrected chi connectivity index (χ0v) is 17.0. The Morgan fingerprint density at radius 1 is 1.40 bits per heavy atom. The summed E-state index contributed by atoms with van der Waals surface area (Å²) in [6, 6.07) is 1.89. The number of ether oxygens (including phenoxy) is 1. The van der Waals surface area contributed by atoms with Crippen LogP contribution in [0.4, 0.5) is 27.4 Å². The summed E-state index contributed by atoms with van der Waals surface area (Å²) in [5.41, 5.74) is 7.69. The van der Waals surface area contributed by atoms with Crippen molar-refractivity contribution in [1.29, 1.82) is 0 Å². The molecule has 4 N–H and O–H groups in total. The van der Waals surface area contributed by atoms with Crippen molar-refractivity contribution in [2.24, 2.45) is 0 Å². The number of rotatable bonds is 6. The van der Waals surface area contributed by atoms with E-state index in [2.05, 4.69) is 30.5 Å². The molecule has 0 aromatic carbocycles. The van der Waals surface area contributed by atoms with Crippen molar-refractivity contribution < 1.29 is 13.9 Å². The highest BCUT2D eigenvalue weighted by Crippen LogP contribution is 2.30. The number of fused-ring (bicyclic) bond motifs is 1. The molecule has 162 valence electrons. The van der Waals surface area contributed by atoms with Gasteiger partial charge in [0.1, 0.15) is 17.6 Å². The first kappa shape index (κ1) is 20.4. The molecule has 0 saturated carbocycles. The predicted molar refractivity (Wildman–Crippen MR) is 113 cm³/mol. The Hall–Kier alpha value is -2.92. The van der Waals surface area contributed by atoms with Crippen molar-refractivity contribution in [2.75, 3.05) is 74.3 Å². The molecule has 2 aliphatic heterocycles. The molecule has 1 unspecified atom stereocenters. The van der Waals surface area contributed by atoms with Crippen molar-refractivity contribution in [3.63, 3.8) is 0 Å². The molecule has 10 nitrogen and oxygen atoms in total. The van der Waals surface area contributed by atoms with Crippen LogP contribution in [0.3, 0.4) is 0 Å². The zero-order chi connectivity index (χ0) is 21.1. The molecule has 2 aliphatic rings. The highest BCUT2D eigenvalue weighted by atomic mass is 19.1. The molecule has 0 spiro atoms. The fourth-order valence-electron chi connectivity index (χ4n) is 3.85. The lowest BCUT2D eigenvalue weighted by molar-refractivity contribution is 0.102. The van der Waals surface area contributed by atoms with Crippen LogP contribution in [0.1, 0.15) is 10.4 Å². The van der Waals surface area contributed by atoms with Gasteiger partial charge in [0.25, 0.3) is 5.91 Å². The average molecular weight is 418 g/mol. The van der Waals surface area contributed by atoms with E-state index in [0.29, 0.717) is 18.1 Å². The number of carbonyl (C=O) groups is 1. The second kappa shape index (κ2) is 8.84. The number of hydrogen-bond acceptors (Lipinski definition) is 8. The summed E-state index contributed by atoms with van der Waals surface area (Å²) in [5.74, 6) is 0.115. The maximum atomic E-state index is 13.6. The molecule has 4 heterocycles. The van der Waals surface area contributed by atoms with Gasteiger partial charge in [0.2, 0.25) is 0 Å². The standard InChI is InChI=1S/C19H27FN8O2/c1-30-9-8-26-4-6-27(7-5-26)15-2-3-22-11-14(15)24-19(29)16-17(21)25-28-12-13(20)10-23-18(16)28/h2-3,11,13,23H,4-10,12H2,1H3,(H2,21,25)(H,24,29). The summed E-state index contributed by atoms with van der Waals surface area (Å²) in [4.78, 5) is 21.7. The van der Waals surface area contributed by atoms with Gasteiger partial charge in [-0.05, 0) is 6.07 Å². The van der Waals surface area contributed by atoms with Crippen molar-refractivity contribution in [3.8, 4) is 0 Å². The number of hydrogen-bond donors (Lipinski definition) is 3. The Morgan fingerprint density at radius 2 is 2.20 bits per heavy atom. The fourth-order valence-corrected chi connectivity index (χ4v) is 3.85. The van der Waals surface area contributed by atoms with Crippen LogP contribution in [0.15, 0.2) is 18.5 Å². The molecule has 0 aliphatic carbocycles. The molecule has 1 atom stereocenters. The lowest BCUT2D eigenvalue weighted by atomic mass is 10.2. The number of aromatic nitrogens is 3. The summed E-state index contributed by atoms with van der Waals surface area (Å²) >= 11 is 0. The minimum Gasteiger partial charge on any atom is -0.383 e. The normalized spacial score (nSPS) is 19.3. The van der Waals surface area contributed by atoms with Gasteiger partial charge in [0, 0.05) is 52.6 Å². The van der Waals surface area contributed by atoms with Crippen LogP contribution in [0.25, 0.3) is 0 Å². The van der Waals surface area contributed by atoms with Gasteiger partial charge in [0.05, 0.1) is 30.7 Å². The summed E-state index contributed by atoms with van der Waals surface area (Å²) in [7, 11) is 1.71. The Balaban J connectivity index is 1.48. The number of nitrogens with one attached hydrogen (secondary N) is 2. The number of pyridine rings is 1. The van der Waals surface area contributed by atoms with E-state index < -0.39 is 12.1 Å². The Kier molecular flexibility index (Phi) is 6.00. The topological polar surface area (TPSA) is 114 Å². The molecule has 11 heteroatoms. The van der Waals surface area contributed by atoms with Gasteiger partial charge in [-0.25, -0.2) is 9.07 Å². The summed E-state index contributed by atoms with van der Waals surface area (Å²) in [6.45, 7) is 5.31. The Bertz CT molecular complexity index is 897. The number of halogens is 1. The second-order valence-electron chi connectivity index (χ2n) is 7.44. The van der Waals surface area contributed by atoms with Crippen LogP contribution in [0.5, 0.6) is 0 Å². The van der Waals surface area contributed by atoms with Crippen LogP contribution in [0.2, 0.25) is 0 Å². The molecule has 1 saturated heterocycles. The van der Waals surface area contributed by atoms with Crippen molar-refractivity contribution in [3.05, 3.63) is 24.0 Å². The van der Waals surface area contributed by atoms with Gasteiger partial charge in [-0.3, -0.25) is 14.7 Å². The molecule has 30 heavy (non-hydrogen) atoms. The van der Waals surface area contributed by atoms with Gasteiger partial charge < -0.3 is 26.0 Å². The molecule has 2 aromatic heterocycles. The van der Waals surface area contributed by atoms with Crippen molar-refractivity contribution >= 4 is 28.9 Å². The number of nitrogen functional groups attached to an aromatic ring is 1. The van der Waals surface area contributed by atoms with E-state index in [0.717, 1.165) is 38.4 Å². The Labute approximate surface area is 174 Å². The minimum absolute atomic E-state index is 0.0706. The van der Waals surface area contributed by atoms with Gasteiger partial charge in [-0.15, -0.1) is 0 Å². The van der Waals surface area contributed by atoms with E-state index >= 15 is 0 Å². The van der Waals surface area contributed by atoms with Gasteiger partial charge >= 0.3 is 0 Å². The first-order valence-electron chi connectivity index (χ1n) is 10.0. The molecule has 1 fully saturated rings. The van der Waals surface area contributed by atoms with Crippen LogP contribution in [-0.4, -0.2) is 84.7 Å². The number of alkyl halides is 1. The Morgan fingerprint density at radius 3 is 2.97 bits per heavy atom. The smallest absolute Gasteiger partial charge is 0.263 e. The number of piperazine rings is 1. The molecule has 0 bridgehead atoms. The largest absolute Gasteiger partial charge is 0.383 e. The number of methoxy groups -OCH3 is 1. The number of nitrogens with zero attached hydrogens (tertiary/aromatic N) is 5. The zero-order valence-electron chi connectivity index (χ0n) is 17.0. The lowest BCUT2D eigenvalue weighted by Crippen LogP contribution is -2.47. The third-order valence-corrected chi connectivity index (χ3v) is 5.44. The number of nitrogens with two attached hydrogens (primary N) is 1. The maximum Gasteiger partial charge on any atom is 0.263 e. The molecule has 0 radical (unpaired) electrons. The minimum atomic E-state index is -1.07. The number of anilines is 4. The molecule has 1 amide bonds. The third kappa shape index (κ3) is 4.17. The molecular formula is C19H27FN8O2. The van der Waals surface area contributed by atoms with Gasteiger partial charge in [0.15, 0.2) is 5.82 Å². The summed E-state index contributed by atoms with van der Waals surface area (Å²) in [5, 5.41) is 9.92. The second-order valence-corrected chi connectivity index (χ2v) is 7.44. The van der Waals surface area contributed by atoms with Crippen LogP contribution >= 0.6 is 0 Å². The lowest BCUT2D eigenvalue weighted by Gasteiger charge is -2.36. The van der Waals surface area contributed by atoms with Crippen molar-refractivity contribution in [1.82, 2.24) is 19.7 Å². The third-order valence-electron chi connectivity index (χ3n) is 5.44. The summed E-state index contributed by atoms with van der Waals surface area (Å²) in [6.07, 6.45) is 2.27. The first-order chi connectivity index (χ1) is 14.6. The molecule has 2 aromatic rings. The highest BCUT2D eigenvalue weighted by Gasteiger charge is 2.28. The average Bonchev–Trinajstić information content (AvgIpc) is 3.08. The van der Waals surface area contributed by atoms with E-state index in [1.54, 1.807) is 19.5 Å². The van der Waals surface area contributed by atoms with E-state index in [-0.39, 0.29) is 24.5 Å². The SMILES string of the molecule is COCCN1CCN(c2ccncc2NC(=O)c2c(N)nn3c2NCC(F)C3)CC1. The molecular weight excluding hydrogens is 391 g/mol. The monoisotopic (exact) mass is 418 g/mol. The maximum absolute atomic E-state index is 13.6. The number of amides is 1. The predicted octanol–water partition coefficient (Wildman–Crippen LogP) is 0.645. The van der Waals surface area contributed by atoms with Crippen LogP contribution < -0.4 is 21.3 Å². The fraction of sp³-hybridized carbons (Fsp3) is 0.526. The van der Waals surface area contributed by atoms with Gasteiger partial charge in [-0.1, -0.05) is 0 Å². The van der Waals surface area contributed by atoms with E-state index in [4.69, 9.17) is 10.5 Å². The van der Waals surface area contributed by atoms with E-state index in [1.165, 1.54) is 4.68 Å². The van der Waals surface area contributed by atoms with E-state index in [9.17, 15) is 9.18 Å². The number of carbonyl (C=O) groups excluding carboxylic acids is 1. The molecule has 4 rings (SSSR count). The van der Waals surface area contributed by atoms with E-state index in [1.807, 2.05) is 6.07 Å². The van der Waals surface area contributed by atoms with Crippen LogP contribution in [0, 0.1) is 0 Å². The van der Waals surface area contributed by atoms with Crippen LogP contribution in [-0.2, 0) is 11.3 Å². The summed E-state index contributed by atoms with van der Waals surface area (Å²) < 4.78 is 20.2. The highest BCUT2D eigenvalue weighted by molar-refractivity contribution is 6.11. The van der Waals surface area contributed by atoms with Crippen molar-refractivity contribution in [2.45, 2.75) is 12.7 Å². The quantitative estimate of drug-likeness (QED) is 0.627. The first-order valence-corrected chi connectivity index (χ1v) is 10.0. The van der Waals surface area contributed by atoms with Gasteiger partial charge in [-0.2, -0.15) is 5.10 Å².